The minimum Gasteiger partial charge on any atom is -0.480 e. The Bertz CT molecular complexity index is 282. The van der Waals surface area contributed by atoms with Crippen molar-refractivity contribution < 1.29 is 14.7 Å². The van der Waals surface area contributed by atoms with Crippen molar-refractivity contribution in [1.82, 2.24) is 10.2 Å². The van der Waals surface area contributed by atoms with Gasteiger partial charge in [-0.2, -0.15) is 0 Å². The lowest BCUT2D eigenvalue weighted by Gasteiger charge is -2.31. The van der Waals surface area contributed by atoms with Crippen LogP contribution in [0.4, 0.5) is 4.79 Å². The molecule has 0 saturated carbocycles. The number of carboxylic acid groups (broad SMARTS) is 1. The number of hydrogen-bond donors (Lipinski definition) is 3. The molecule has 6 heteroatoms. The van der Waals surface area contributed by atoms with Crippen LogP contribution in [0.5, 0.6) is 0 Å². The van der Waals surface area contributed by atoms with E-state index in [0.29, 0.717) is 32.5 Å². The molecule has 0 radical (unpaired) electrons. The summed E-state index contributed by atoms with van der Waals surface area (Å²) in [5.41, 5.74) is 4.25. The quantitative estimate of drug-likeness (QED) is 0.590. The van der Waals surface area contributed by atoms with Crippen LogP contribution >= 0.6 is 0 Å². The summed E-state index contributed by atoms with van der Waals surface area (Å²) in [5.74, 6) is -0.945. The van der Waals surface area contributed by atoms with Crippen LogP contribution in [0.1, 0.15) is 26.2 Å². The number of carbonyl (C=O) groups is 2. The minimum absolute atomic E-state index is 0.309. The summed E-state index contributed by atoms with van der Waals surface area (Å²) in [6, 6.07) is -0.309. The Hall–Kier alpha value is -1.30. The Morgan fingerprint density at radius 2 is 2.25 bits per heavy atom. The van der Waals surface area contributed by atoms with Gasteiger partial charge in [0.2, 0.25) is 0 Å². The normalized spacial score (nSPS) is 24.5. The van der Waals surface area contributed by atoms with E-state index in [0.717, 1.165) is 6.42 Å². The summed E-state index contributed by atoms with van der Waals surface area (Å²) < 4.78 is 0. The average Bonchev–Trinajstić information content (AvgIpc) is 2.62. The SMILES string of the molecule is CC1(C(=O)O)CCCN1C(=O)NCCCN. The highest BCUT2D eigenvalue weighted by Crippen LogP contribution is 2.28. The van der Waals surface area contributed by atoms with E-state index in [1.54, 1.807) is 6.92 Å². The van der Waals surface area contributed by atoms with Gasteiger partial charge in [-0.1, -0.05) is 0 Å². The summed E-state index contributed by atoms with van der Waals surface area (Å²) in [4.78, 5) is 24.3. The lowest BCUT2D eigenvalue weighted by molar-refractivity contribution is -0.147. The first-order valence-corrected chi connectivity index (χ1v) is 5.51. The van der Waals surface area contributed by atoms with Gasteiger partial charge in [0.15, 0.2) is 0 Å². The third kappa shape index (κ3) is 2.44. The Morgan fingerprint density at radius 3 is 2.81 bits per heavy atom. The zero-order valence-electron chi connectivity index (χ0n) is 9.53. The summed E-state index contributed by atoms with van der Waals surface area (Å²) in [7, 11) is 0. The van der Waals surface area contributed by atoms with Crippen LogP contribution in [0.3, 0.4) is 0 Å². The number of urea groups is 1. The topological polar surface area (TPSA) is 95.7 Å². The van der Waals surface area contributed by atoms with E-state index in [1.165, 1.54) is 4.90 Å². The molecular formula is C10H19N3O3. The molecule has 1 unspecified atom stereocenters. The molecule has 0 aromatic carbocycles. The molecule has 1 fully saturated rings. The van der Waals surface area contributed by atoms with Crippen molar-refractivity contribution in [2.24, 2.45) is 5.73 Å². The van der Waals surface area contributed by atoms with Gasteiger partial charge in [-0.3, -0.25) is 0 Å². The third-order valence-corrected chi connectivity index (χ3v) is 3.00. The third-order valence-electron chi connectivity index (χ3n) is 3.00. The summed E-state index contributed by atoms with van der Waals surface area (Å²) in [6.07, 6.45) is 1.93. The van der Waals surface area contributed by atoms with Gasteiger partial charge in [0, 0.05) is 13.1 Å². The van der Waals surface area contributed by atoms with Gasteiger partial charge in [-0.15, -0.1) is 0 Å². The molecule has 1 saturated heterocycles. The van der Waals surface area contributed by atoms with Crippen LogP contribution in [-0.2, 0) is 4.79 Å². The van der Waals surface area contributed by atoms with E-state index in [9.17, 15) is 9.59 Å². The molecule has 0 bridgehead atoms. The number of amides is 2. The van der Waals surface area contributed by atoms with E-state index in [-0.39, 0.29) is 6.03 Å². The maximum Gasteiger partial charge on any atom is 0.329 e. The number of carboxylic acids is 1. The fraction of sp³-hybridized carbons (Fsp3) is 0.800. The highest BCUT2D eigenvalue weighted by atomic mass is 16.4. The van der Waals surface area contributed by atoms with Crippen molar-refractivity contribution in [3.8, 4) is 0 Å². The Morgan fingerprint density at radius 1 is 1.56 bits per heavy atom. The molecule has 0 aromatic heterocycles. The predicted molar refractivity (Wildman–Crippen MR) is 59.1 cm³/mol. The van der Waals surface area contributed by atoms with Gasteiger partial charge < -0.3 is 21.1 Å². The van der Waals surface area contributed by atoms with E-state index >= 15 is 0 Å². The fourth-order valence-electron chi connectivity index (χ4n) is 1.90. The van der Waals surface area contributed by atoms with Crippen LogP contribution in [0.2, 0.25) is 0 Å². The molecule has 1 heterocycles. The van der Waals surface area contributed by atoms with Crippen molar-refractivity contribution >= 4 is 12.0 Å². The second-order valence-electron chi connectivity index (χ2n) is 4.21. The molecule has 16 heavy (non-hydrogen) atoms. The molecule has 2 amide bonds. The molecule has 0 spiro atoms. The molecule has 92 valence electrons. The first-order valence-electron chi connectivity index (χ1n) is 5.51. The second kappa shape index (κ2) is 5.16. The van der Waals surface area contributed by atoms with E-state index in [4.69, 9.17) is 10.8 Å². The van der Waals surface area contributed by atoms with E-state index < -0.39 is 11.5 Å². The van der Waals surface area contributed by atoms with Gasteiger partial charge in [0.1, 0.15) is 5.54 Å². The van der Waals surface area contributed by atoms with E-state index in [2.05, 4.69) is 5.32 Å². The van der Waals surface area contributed by atoms with Crippen molar-refractivity contribution in [2.75, 3.05) is 19.6 Å². The number of nitrogens with two attached hydrogens (primary N) is 1. The molecule has 1 aliphatic rings. The number of nitrogens with one attached hydrogen (secondary N) is 1. The van der Waals surface area contributed by atoms with Crippen LogP contribution in [-0.4, -0.2) is 47.2 Å². The van der Waals surface area contributed by atoms with E-state index in [1.807, 2.05) is 0 Å². The Kier molecular flexibility index (Phi) is 4.12. The van der Waals surface area contributed by atoms with Crippen LogP contribution in [0.25, 0.3) is 0 Å². The monoisotopic (exact) mass is 229 g/mol. The fourth-order valence-corrected chi connectivity index (χ4v) is 1.90. The number of nitrogens with zero attached hydrogens (tertiary/aromatic N) is 1. The average molecular weight is 229 g/mol. The highest BCUT2D eigenvalue weighted by Gasteiger charge is 2.45. The maximum atomic E-state index is 11.8. The molecule has 6 nitrogen and oxygen atoms in total. The number of aliphatic carboxylic acids is 1. The highest BCUT2D eigenvalue weighted by molar-refractivity contribution is 5.86. The van der Waals surface area contributed by atoms with Gasteiger partial charge >= 0.3 is 12.0 Å². The van der Waals surface area contributed by atoms with Crippen molar-refractivity contribution in [1.29, 1.82) is 0 Å². The van der Waals surface area contributed by atoms with Gasteiger partial charge in [-0.25, -0.2) is 9.59 Å². The summed E-state index contributed by atoms with van der Waals surface area (Å²) in [6.45, 7) is 3.08. The molecular weight excluding hydrogens is 210 g/mol. The molecule has 0 aromatic rings. The smallest absolute Gasteiger partial charge is 0.329 e. The van der Waals surface area contributed by atoms with Crippen molar-refractivity contribution in [2.45, 2.75) is 31.7 Å². The molecule has 0 aliphatic carbocycles. The Balaban J connectivity index is 2.58. The van der Waals surface area contributed by atoms with Gasteiger partial charge in [-0.05, 0) is 32.7 Å². The maximum absolute atomic E-state index is 11.8. The number of rotatable bonds is 4. The van der Waals surface area contributed by atoms with Crippen molar-refractivity contribution in [3.63, 3.8) is 0 Å². The van der Waals surface area contributed by atoms with Crippen molar-refractivity contribution in [3.05, 3.63) is 0 Å². The summed E-state index contributed by atoms with van der Waals surface area (Å²) >= 11 is 0. The zero-order chi connectivity index (χ0) is 12.2. The Labute approximate surface area is 94.8 Å². The van der Waals surface area contributed by atoms with Gasteiger partial charge in [0.05, 0.1) is 0 Å². The molecule has 1 aliphatic heterocycles. The second-order valence-corrected chi connectivity index (χ2v) is 4.21. The van der Waals surface area contributed by atoms with Crippen LogP contribution < -0.4 is 11.1 Å². The molecule has 1 rings (SSSR count). The first-order chi connectivity index (χ1) is 7.52. The standard InChI is InChI=1S/C10H19N3O3/c1-10(8(14)15)4-2-7-13(10)9(16)12-6-3-5-11/h2-7,11H2,1H3,(H,12,16)(H,14,15). The van der Waals surface area contributed by atoms with Crippen LogP contribution in [0.15, 0.2) is 0 Å². The minimum atomic E-state index is -1.06. The molecule has 1 atom stereocenters. The first kappa shape index (κ1) is 12.8. The molecule has 4 N–H and O–H groups in total. The van der Waals surface area contributed by atoms with Crippen LogP contribution in [0, 0.1) is 0 Å². The summed E-state index contributed by atoms with van der Waals surface area (Å²) in [5, 5.41) is 11.8. The largest absolute Gasteiger partial charge is 0.480 e. The number of likely N-dealkylation sites (tertiary alicyclic amines) is 1. The lowest BCUT2D eigenvalue weighted by atomic mass is 10.00. The van der Waals surface area contributed by atoms with Gasteiger partial charge in [0.25, 0.3) is 0 Å². The lowest BCUT2D eigenvalue weighted by Crippen LogP contribution is -2.54. The zero-order valence-corrected chi connectivity index (χ0v) is 9.53. The predicted octanol–water partition coefficient (Wildman–Crippen LogP) is -0.0161. The number of hydrogen-bond acceptors (Lipinski definition) is 3. The number of carbonyl (C=O) groups excluding carboxylic acids is 1.